The second-order valence-corrected chi connectivity index (χ2v) is 7.13. The highest BCUT2D eigenvalue weighted by molar-refractivity contribution is 5.74. The summed E-state index contributed by atoms with van der Waals surface area (Å²) in [4.78, 5) is 25.1. The van der Waals surface area contributed by atoms with Crippen LogP contribution in [0.25, 0.3) is 11.1 Å². The predicted molar refractivity (Wildman–Crippen MR) is 102 cm³/mol. The Morgan fingerprint density at radius 1 is 1.19 bits per heavy atom. The van der Waals surface area contributed by atoms with Crippen LogP contribution >= 0.6 is 0 Å². The van der Waals surface area contributed by atoms with Gasteiger partial charge in [-0.3, -0.25) is 9.78 Å². The summed E-state index contributed by atoms with van der Waals surface area (Å²) in [7, 11) is 0. The Morgan fingerprint density at radius 3 is 2.85 bits per heavy atom. The predicted octanol–water partition coefficient (Wildman–Crippen LogP) is 2.50. The first-order chi connectivity index (χ1) is 12.7. The number of likely N-dealkylation sites (tertiary alicyclic amines) is 1. The van der Waals surface area contributed by atoms with E-state index in [4.69, 9.17) is 5.73 Å². The molecular formula is C20H25N5O. The molecule has 136 valence electrons. The lowest BCUT2D eigenvalue weighted by molar-refractivity contribution is -0.129. The van der Waals surface area contributed by atoms with Crippen LogP contribution in [0.1, 0.15) is 43.4 Å². The summed E-state index contributed by atoms with van der Waals surface area (Å²) < 4.78 is 0. The van der Waals surface area contributed by atoms with Gasteiger partial charge in [-0.05, 0) is 48.9 Å². The van der Waals surface area contributed by atoms with Gasteiger partial charge in [0.15, 0.2) is 0 Å². The van der Waals surface area contributed by atoms with Gasteiger partial charge in [0.05, 0.1) is 12.7 Å². The lowest BCUT2D eigenvalue weighted by Gasteiger charge is -2.29. The van der Waals surface area contributed by atoms with Gasteiger partial charge in [-0.1, -0.05) is 0 Å². The van der Waals surface area contributed by atoms with E-state index in [1.807, 2.05) is 23.5 Å². The molecule has 2 N–H and O–H groups in total. The maximum atomic E-state index is 11.9. The smallest absolute Gasteiger partial charge is 0.219 e. The summed E-state index contributed by atoms with van der Waals surface area (Å²) in [5.74, 6) is 1.14. The number of carbonyl (C=O) groups is 1. The van der Waals surface area contributed by atoms with E-state index in [-0.39, 0.29) is 11.9 Å². The van der Waals surface area contributed by atoms with Crippen LogP contribution in [0, 0.1) is 0 Å². The van der Waals surface area contributed by atoms with E-state index >= 15 is 0 Å². The minimum atomic E-state index is 0.134. The van der Waals surface area contributed by atoms with Crippen LogP contribution in [-0.2, 0) is 11.2 Å². The molecular weight excluding hydrogens is 326 g/mol. The van der Waals surface area contributed by atoms with Crippen molar-refractivity contribution < 1.29 is 4.79 Å². The molecule has 0 aliphatic carbocycles. The summed E-state index contributed by atoms with van der Waals surface area (Å²) in [6.07, 6.45) is 9.85. The van der Waals surface area contributed by atoms with Gasteiger partial charge in [-0.2, -0.15) is 0 Å². The van der Waals surface area contributed by atoms with Crippen LogP contribution in [0.2, 0.25) is 0 Å². The third-order valence-electron chi connectivity index (χ3n) is 5.47. The number of rotatable bonds is 3. The van der Waals surface area contributed by atoms with Crippen molar-refractivity contribution in [3.05, 3.63) is 41.9 Å². The second kappa shape index (κ2) is 7.03. The number of hydrogen-bond acceptors (Lipinski definition) is 5. The zero-order valence-corrected chi connectivity index (χ0v) is 15.2. The highest BCUT2D eigenvalue weighted by Crippen LogP contribution is 2.34. The van der Waals surface area contributed by atoms with Crippen LogP contribution in [-0.4, -0.2) is 40.5 Å². The van der Waals surface area contributed by atoms with Crippen LogP contribution in [0.4, 0.5) is 5.82 Å². The number of nitrogens with two attached hydrogens (primary N) is 1. The van der Waals surface area contributed by atoms with Crippen LogP contribution in [0.5, 0.6) is 0 Å². The molecule has 4 rings (SSSR count). The number of hydrogen-bond donors (Lipinski definition) is 1. The maximum Gasteiger partial charge on any atom is 0.219 e. The minimum absolute atomic E-state index is 0.134. The molecule has 4 heterocycles. The minimum Gasteiger partial charge on any atom is -0.344 e. The van der Waals surface area contributed by atoms with Gasteiger partial charge in [-0.25, -0.2) is 4.98 Å². The van der Waals surface area contributed by atoms with Crippen molar-refractivity contribution in [1.29, 1.82) is 0 Å². The van der Waals surface area contributed by atoms with Crippen molar-refractivity contribution in [2.45, 2.75) is 38.6 Å². The average Bonchev–Trinajstić information content (AvgIpc) is 3.17. The van der Waals surface area contributed by atoms with Crippen molar-refractivity contribution in [2.24, 2.45) is 5.73 Å². The van der Waals surface area contributed by atoms with Gasteiger partial charge in [0.25, 0.3) is 0 Å². The first kappa shape index (κ1) is 17.0. The molecule has 0 saturated carbocycles. The Kier molecular flexibility index (Phi) is 4.59. The number of fused-ring (bicyclic) bond motifs is 1. The molecule has 2 aliphatic heterocycles. The highest BCUT2D eigenvalue weighted by Gasteiger charge is 2.28. The molecule has 2 aromatic heterocycles. The van der Waals surface area contributed by atoms with Crippen molar-refractivity contribution in [2.75, 3.05) is 24.7 Å². The Hall–Kier alpha value is -2.47. The van der Waals surface area contributed by atoms with E-state index in [1.54, 1.807) is 6.92 Å². The average molecular weight is 351 g/mol. The molecule has 0 bridgehead atoms. The Labute approximate surface area is 154 Å². The fourth-order valence-corrected chi connectivity index (χ4v) is 4.16. The van der Waals surface area contributed by atoms with Gasteiger partial charge in [0.1, 0.15) is 5.82 Å². The molecule has 1 unspecified atom stereocenters. The highest BCUT2D eigenvalue weighted by atomic mass is 16.2. The number of anilines is 1. The van der Waals surface area contributed by atoms with Crippen molar-refractivity contribution >= 4 is 11.7 Å². The molecule has 2 aromatic rings. The number of nitrogens with zero attached hydrogens (tertiary/aromatic N) is 4. The zero-order chi connectivity index (χ0) is 18.1. The molecule has 6 nitrogen and oxygen atoms in total. The van der Waals surface area contributed by atoms with Crippen molar-refractivity contribution in [3.8, 4) is 11.1 Å². The molecule has 2 aliphatic rings. The largest absolute Gasteiger partial charge is 0.344 e. The molecule has 1 amide bonds. The number of aryl methyl sites for hydroxylation is 1. The molecule has 1 atom stereocenters. The van der Waals surface area contributed by atoms with E-state index in [0.717, 1.165) is 61.3 Å². The summed E-state index contributed by atoms with van der Waals surface area (Å²) in [6.45, 7) is 3.94. The summed E-state index contributed by atoms with van der Waals surface area (Å²) in [5, 5.41) is 0. The topological polar surface area (TPSA) is 75.4 Å². The fraction of sp³-hybridized carbons (Fsp3) is 0.450. The van der Waals surface area contributed by atoms with E-state index in [2.05, 4.69) is 27.0 Å². The number of aromatic nitrogens is 2. The molecule has 1 saturated heterocycles. The summed E-state index contributed by atoms with van der Waals surface area (Å²) in [6, 6.07) is 4.51. The third kappa shape index (κ3) is 3.05. The van der Waals surface area contributed by atoms with Crippen LogP contribution in [0.3, 0.4) is 0 Å². The lowest BCUT2D eigenvalue weighted by atomic mass is 9.99. The van der Waals surface area contributed by atoms with Gasteiger partial charge in [0.2, 0.25) is 5.91 Å². The van der Waals surface area contributed by atoms with Gasteiger partial charge in [0, 0.05) is 49.7 Å². The molecule has 6 heteroatoms. The van der Waals surface area contributed by atoms with Gasteiger partial charge >= 0.3 is 0 Å². The summed E-state index contributed by atoms with van der Waals surface area (Å²) >= 11 is 0. The first-order valence-corrected chi connectivity index (χ1v) is 9.34. The van der Waals surface area contributed by atoms with Gasteiger partial charge < -0.3 is 15.5 Å². The molecule has 26 heavy (non-hydrogen) atoms. The van der Waals surface area contributed by atoms with Crippen molar-refractivity contribution in [1.82, 2.24) is 14.9 Å². The second-order valence-electron chi connectivity index (χ2n) is 7.13. The number of amides is 1. The van der Waals surface area contributed by atoms with Crippen LogP contribution < -0.4 is 10.6 Å². The monoisotopic (exact) mass is 351 g/mol. The van der Waals surface area contributed by atoms with Gasteiger partial charge in [-0.15, -0.1) is 0 Å². The Morgan fingerprint density at radius 2 is 2.04 bits per heavy atom. The molecule has 0 aromatic carbocycles. The van der Waals surface area contributed by atoms with Crippen molar-refractivity contribution in [3.63, 3.8) is 0 Å². The standard InChI is InChI=1S/C20H25N5O/c1-14(26)25-7-3-5-19(25)18-9-16(10-22-11-18)17-8-15-4-2-6-24(13-21)20(15)23-12-17/h8-12,19H,2-7,13,21H2,1H3. The zero-order valence-electron chi connectivity index (χ0n) is 15.2. The molecule has 1 fully saturated rings. The van der Waals surface area contributed by atoms with E-state index in [0.29, 0.717) is 6.67 Å². The maximum absolute atomic E-state index is 11.9. The first-order valence-electron chi connectivity index (χ1n) is 9.34. The van der Waals surface area contributed by atoms with Crippen LogP contribution in [0.15, 0.2) is 30.7 Å². The SMILES string of the molecule is CC(=O)N1CCCC1c1cncc(-c2cnc3c(c2)CCCN3CN)c1. The number of carbonyl (C=O) groups excluding carboxylic acids is 1. The Bertz CT molecular complexity index is 822. The third-order valence-corrected chi connectivity index (χ3v) is 5.47. The fourth-order valence-electron chi connectivity index (χ4n) is 4.16. The lowest BCUT2D eigenvalue weighted by Crippen LogP contribution is -2.35. The summed E-state index contributed by atoms with van der Waals surface area (Å²) in [5.41, 5.74) is 10.3. The van der Waals surface area contributed by atoms with E-state index in [9.17, 15) is 4.79 Å². The molecule has 0 spiro atoms. The number of pyridine rings is 2. The Balaban J connectivity index is 1.66. The normalized spacial score (nSPS) is 19.5. The van der Waals surface area contributed by atoms with E-state index < -0.39 is 0 Å². The quantitative estimate of drug-likeness (QED) is 0.919. The molecule has 0 radical (unpaired) electrons. The van der Waals surface area contributed by atoms with E-state index in [1.165, 1.54) is 5.56 Å².